The van der Waals surface area contributed by atoms with Crippen LogP contribution in [-0.4, -0.2) is 28.3 Å². The van der Waals surface area contributed by atoms with Crippen LogP contribution in [0.4, 0.5) is 0 Å². The average molecular weight is 253 g/mol. The Hall–Kier alpha value is -0.810. The SMILES string of the molecule is CCCc1cc(=O)[nH]c(SC2CCCNC2)n1. The first-order valence-electron chi connectivity index (χ1n) is 6.25. The van der Waals surface area contributed by atoms with E-state index >= 15 is 0 Å². The van der Waals surface area contributed by atoms with E-state index < -0.39 is 0 Å². The Balaban J connectivity index is 2.06. The maximum absolute atomic E-state index is 11.5. The normalized spacial score (nSPS) is 20.4. The van der Waals surface area contributed by atoms with Gasteiger partial charge in [-0.1, -0.05) is 25.1 Å². The predicted molar refractivity (Wildman–Crippen MR) is 70.6 cm³/mol. The summed E-state index contributed by atoms with van der Waals surface area (Å²) < 4.78 is 0. The lowest BCUT2D eigenvalue weighted by Crippen LogP contribution is -2.31. The first-order chi connectivity index (χ1) is 8.28. The first-order valence-corrected chi connectivity index (χ1v) is 7.13. The van der Waals surface area contributed by atoms with Crippen molar-refractivity contribution in [3.8, 4) is 0 Å². The predicted octanol–water partition coefficient (Wildman–Crippen LogP) is 1.57. The fourth-order valence-electron chi connectivity index (χ4n) is 2.00. The highest BCUT2D eigenvalue weighted by Crippen LogP contribution is 2.23. The molecule has 1 aliphatic rings. The molecule has 1 unspecified atom stereocenters. The van der Waals surface area contributed by atoms with E-state index in [1.807, 2.05) is 0 Å². The summed E-state index contributed by atoms with van der Waals surface area (Å²) in [5.74, 6) is 0. The summed E-state index contributed by atoms with van der Waals surface area (Å²) in [6.45, 7) is 4.21. The zero-order valence-corrected chi connectivity index (χ0v) is 11.0. The monoisotopic (exact) mass is 253 g/mol. The van der Waals surface area contributed by atoms with E-state index in [2.05, 4.69) is 22.2 Å². The molecule has 2 N–H and O–H groups in total. The Morgan fingerprint density at radius 1 is 1.59 bits per heavy atom. The third-order valence-corrected chi connectivity index (χ3v) is 3.96. The van der Waals surface area contributed by atoms with E-state index in [1.54, 1.807) is 17.8 Å². The minimum atomic E-state index is -0.0327. The molecule has 0 amide bonds. The number of nitrogens with one attached hydrogen (secondary N) is 2. The zero-order chi connectivity index (χ0) is 12.1. The second kappa shape index (κ2) is 6.21. The summed E-state index contributed by atoms with van der Waals surface area (Å²) in [5.41, 5.74) is 0.872. The van der Waals surface area contributed by atoms with Crippen LogP contribution in [0.3, 0.4) is 0 Å². The van der Waals surface area contributed by atoms with Crippen molar-refractivity contribution in [2.45, 2.75) is 43.0 Å². The number of aromatic amines is 1. The molecular weight excluding hydrogens is 234 g/mol. The van der Waals surface area contributed by atoms with Crippen molar-refractivity contribution in [2.75, 3.05) is 13.1 Å². The number of piperidine rings is 1. The summed E-state index contributed by atoms with van der Waals surface area (Å²) in [6.07, 6.45) is 4.29. The Kier molecular flexibility index (Phi) is 4.62. The second-order valence-corrected chi connectivity index (χ2v) is 5.67. The molecule has 1 aromatic rings. The second-order valence-electron chi connectivity index (χ2n) is 4.38. The summed E-state index contributed by atoms with van der Waals surface area (Å²) >= 11 is 1.69. The number of aromatic nitrogens is 2. The summed E-state index contributed by atoms with van der Waals surface area (Å²) in [4.78, 5) is 18.8. The van der Waals surface area contributed by atoms with Gasteiger partial charge in [0.1, 0.15) is 0 Å². The van der Waals surface area contributed by atoms with Gasteiger partial charge in [0, 0.05) is 23.6 Å². The van der Waals surface area contributed by atoms with Crippen molar-refractivity contribution in [3.63, 3.8) is 0 Å². The van der Waals surface area contributed by atoms with E-state index in [1.165, 1.54) is 12.8 Å². The third kappa shape index (κ3) is 3.85. The van der Waals surface area contributed by atoms with Crippen LogP contribution in [0.15, 0.2) is 16.0 Å². The molecular formula is C12H19N3OS. The van der Waals surface area contributed by atoms with Crippen molar-refractivity contribution < 1.29 is 0 Å². The van der Waals surface area contributed by atoms with Crippen LogP contribution in [0, 0.1) is 0 Å². The molecule has 1 aliphatic heterocycles. The summed E-state index contributed by atoms with van der Waals surface area (Å²) in [6, 6.07) is 1.60. The number of hydrogen-bond acceptors (Lipinski definition) is 4. The number of H-pyrrole nitrogens is 1. The minimum Gasteiger partial charge on any atom is -0.316 e. The maximum Gasteiger partial charge on any atom is 0.251 e. The van der Waals surface area contributed by atoms with Gasteiger partial charge in [-0.2, -0.15) is 0 Å². The van der Waals surface area contributed by atoms with Crippen LogP contribution in [0.5, 0.6) is 0 Å². The molecule has 2 heterocycles. The molecule has 0 saturated carbocycles. The average Bonchev–Trinajstić information content (AvgIpc) is 2.30. The molecule has 0 aliphatic carbocycles. The Morgan fingerprint density at radius 3 is 3.18 bits per heavy atom. The number of rotatable bonds is 4. The van der Waals surface area contributed by atoms with Crippen LogP contribution in [-0.2, 0) is 6.42 Å². The first kappa shape index (κ1) is 12.6. The molecule has 1 saturated heterocycles. The molecule has 0 bridgehead atoms. The number of thioether (sulfide) groups is 1. The fraction of sp³-hybridized carbons (Fsp3) is 0.667. The molecule has 5 heteroatoms. The van der Waals surface area contributed by atoms with E-state index in [-0.39, 0.29) is 5.56 Å². The highest BCUT2D eigenvalue weighted by atomic mass is 32.2. The quantitative estimate of drug-likeness (QED) is 0.800. The molecule has 4 nitrogen and oxygen atoms in total. The number of nitrogens with zero attached hydrogens (tertiary/aromatic N) is 1. The zero-order valence-electron chi connectivity index (χ0n) is 10.2. The number of hydrogen-bond donors (Lipinski definition) is 2. The van der Waals surface area contributed by atoms with E-state index in [4.69, 9.17) is 0 Å². The summed E-state index contributed by atoms with van der Waals surface area (Å²) in [5, 5.41) is 4.67. The van der Waals surface area contributed by atoms with Gasteiger partial charge >= 0.3 is 0 Å². The molecule has 94 valence electrons. The maximum atomic E-state index is 11.5. The molecule has 1 fully saturated rings. The van der Waals surface area contributed by atoms with Gasteiger partial charge in [0.2, 0.25) is 0 Å². The number of aryl methyl sites for hydroxylation is 1. The van der Waals surface area contributed by atoms with E-state index in [9.17, 15) is 4.79 Å². The largest absolute Gasteiger partial charge is 0.316 e. The topological polar surface area (TPSA) is 57.8 Å². The minimum absolute atomic E-state index is 0.0327. The van der Waals surface area contributed by atoms with Crippen LogP contribution in [0.1, 0.15) is 31.9 Å². The Morgan fingerprint density at radius 2 is 2.47 bits per heavy atom. The van der Waals surface area contributed by atoms with Crippen molar-refractivity contribution in [3.05, 3.63) is 22.1 Å². The van der Waals surface area contributed by atoms with Crippen molar-refractivity contribution in [1.82, 2.24) is 15.3 Å². The van der Waals surface area contributed by atoms with Gasteiger partial charge in [-0.05, 0) is 25.8 Å². The van der Waals surface area contributed by atoms with Gasteiger partial charge in [0.25, 0.3) is 5.56 Å². The standard InChI is InChI=1S/C12H19N3OS/c1-2-4-9-7-11(16)15-12(14-9)17-10-5-3-6-13-8-10/h7,10,13H,2-6,8H2,1H3,(H,14,15,16). The Labute approximate surface area is 106 Å². The molecule has 0 spiro atoms. The molecule has 1 aromatic heterocycles. The van der Waals surface area contributed by atoms with Gasteiger partial charge in [-0.3, -0.25) is 4.79 Å². The lowest BCUT2D eigenvalue weighted by Gasteiger charge is -2.21. The highest BCUT2D eigenvalue weighted by Gasteiger charge is 2.15. The van der Waals surface area contributed by atoms with E-state index in [0.717, 1.165) is 36.8 Å². The molecule has 1 atom stereocenters. The smallest absolute Gasteiger partial charge is 0.251 e. The Bertz CT molecular complexity index is 412. The van der Waals surface area contributed by atoms with Crippen LogP contribution < -0.4 is 10.9 Å². The molecule has 0 radical (unpaired) electrons. The van der Waals surface area contributed by atoms with E-state index in [0.29, 0.717) is 5.25 Å². The lowest BCUT2D eigenvalue weighted by molar-refractivity contribution is 0.530. The van der Waals surface area contributed by atoms with Gasteiger partial charge < -0.3 is 10.3 Å². The fourth-order valence-corrected chi connectivity index (χ4v) is 3.13. The van der Waals surface area contributed by atoms with Gasteiger partial charge in [-0.25, -0.2) is 4.98 Å². The molecule has 0 aromatic carbocycles. The van der Waals surface area contributed by atoms with Crippen molar-refractivity contribution >= 4 is 11.8 Å². The van der Waals surface area contributed by atoms with Crippen LogP contribution in [0.25, 0.3) is 0 Å². The van der Waals surface area contributed by atoms with Crippen LogP contribution in [0.2, 0.25) is 0 Å². The van der Waals surface area contributed by atoms with Gasteiger partial charge in [-0.15, -0.1) is 0 Å². The summed E-state index contributed by atoms with van der Waals surface area (Å²) in [7, 11) is 0. The molecule has 2 rings (SSSR count). The lowest BCUT2D eigenvalue weighted by atomic mass is 10.2. The molecule has 17 heavy (non-hydrogen) atoms. The van der Waals surface area contributed by atoms with Gasteiger partial charge in [0.05, 0.1) is 0 Å². The van der Waals surface area contributed by atoms with Crippen molar-refractivity contribution in [1.29, 1.82) is 0 Å². The highest BCUT2D eigenvalue weighted by molar-refractivity contribution is 7.99. The third-order valence-electron chi connectivity index (χ3n) is 2.81. The van der Waals surface area contributed by atoms with Gasteiger partial charge in [0.15, 0.2) is 5.16 Å². The van der Waals surface area contributed by atoms with Crippen molar-refractivity contribution in [2.24, 2.45) is 0 Å². The van der Waals surface area contributed by atoms with Crippen LogP contribution >= 0.6 is 11.8 Å².